The molecule has 0 aromatic carbocycles. The Hall–Kier alpha value is -1.88. The highest BCUT2D eigenvalue weighted by molar-refractivity contribution is 6.30. The lowest BCUT2D eigenvalue weighted by Crippen LogP contribution is -1.97. The van der Waals surface area contributed by atoms with Crippen molar-refractivity contribution in [1.29, 1.82) is 0 Å². The zero-order chi connectivity index (χ0) is 13.6. The van der Waals surface area contributed by atoms with Crippen LogP contribution < -0.4 is 0 Å². The summed E-state index contributed by atoms with van der Waals surface area (Å²) < 4.78 is 7.63. The summed E-state index contributed by atoms with van der Waals surface area (Å²) in [6, 6.07) is 2.16. The third kappa shape index (κ3) is 2.00. The van der Waals surface area contributed by atoms with Crippen LogP contribution in [0.1, 0.15) is 25.8 Å². The van der Waals surface area contributed by atoms with Crippen LogP contribution >= 0.6 is 11.6 Å². The highest BCUT2D eigenvalue weighted by Gasteiger charge is 2.17. The predicted octanol–water partition coefficient (Wildman–Crippen LogP) is 3.63. The third-order valence-corrected chi connectivity index (χ3v) is 3.20. The van der Waals surface area contributed by atoms with E-state index in [9.17, 15) is 0 Å². The van der Waals surface area contributed by atoms with Crippen LogP contribution in [0.2, 0.25) is 5.15 Å². The monoisotopic (exact) mass is 276 g/mol. The first-order chi connectivity index (χ1) is 9.06. The van der Waals surface area contributed by atoms with Crippen molar-refractivity contribution in [1.82, 2.24) is 19.7 Å². The average Bonchev–Trinajstić information content (AvgIpc) is 2.92. The van der Waals surface area contributed by atoms with Crippen LogP contribution in [-0.2, 0) is 0 Å². The second-order valence-corrected chi connectivity index (χ2v) is 5.08. The first-order valence-electron chi connectivity index (χ1n) is 6.03. The lowest BCUT2D eigenvalue weighted by Gasteiger charge is -2.08. The standard InChI is InChI=1S/C13H13ClN4O/c1-7(2)18-6-10(13-17-16-8(3)19-13)9-5-15-12(14)4-11(9)18/h4-7H,1-3H3. The number of hydrogen-bond donors (Lipinski definition) is 0. The summed E-state index contributed by atoms with van der Waals surface area (Å²) in [5, 5.41) is 9.37. The molecule has 0 fully saturated rings. The molecule has 0 N–H and O–H groups in total. The zero-order valence-electron chi connectivity index (χ0n) is 10.9. The number of fused-ring (bicyclic) bond motifs is 1. The Morgan fingerprint density at radius 2 is 2.11 bits per heavy atom. The minimum atomic E-state index is 0.304. The summed E-state index contributed by atoms with van der Waals surface area (Å²) in [4.78, 5) is 4.14. The second-order valence-electron chi connectivity index (χ2n) is 4.69. The van der Waals surface area contributed by atoms with Crippen LogP contribution in [0.5, 0.6) is 0 Å². The van der Waals surface area contributed by atoms with Gasteiger partial charge < -0.3 is 8.98 Å². The summed E-state index contributed by atoms with van der Waals surface area (Å²) in [6.07, 6.45) is 3.74. The van der Waals surface area contributed by atoms with E-state index in [0.717, 1.165) is 16.5 Å². The van der Waals surface area contributed by atoms with E-state index in [1.165, 1.54) is 0 Å². The minimum absolute atomic E-state index is 0.304. The molecule has 0 amide bonds. The molecule has 0 spiro atoms. The fourth-order valence-electron chi connectivity index (χ4n) is 2.12. The van der Waals surface area contributed by atoms with Crippen molar-refractivity contribution < 1.29 is 4.42 Å². The molecule has 19 heavy (non-hydrogen) atoms. The average molecular weight is 277 g/mol. The molecule has 0 radical (unpaired) electrons. The number of nitrogens with zero attached hydrogens (tertiary/aromatic N) is 4. The highest BCUT2D eigenvalue weighted by Crippen LogP contribution is 2.32. The van der Waals surface area contributed by atoms with Gasteiger partial charge in [-0.3, -0.25) is 0 Å². The van der Waals surface area contributed by atoms with Crippen molar-refractivity contribution in [2.45, 2.75) is 26.8 Å². The topological polar surface area (TPSA) is 56.7 Å². The second kappa shape index (κ2) is 4.35. The molecule has 5 nitrogen and oxygen atoms in total. The number of halogens is 1. The molecule has 3 heterocycles. The largest absolute Gasteiger partial charge is 0.421 e. The summed E-state index contributed by atoms with van der Waals surface area (Å²) >= 11 is 5.98. The zero-order valence-corrected chi connectivity index (χ0v) is 11.6. The third-order valence-electron chi connectivity index (χ3n) is 3.00. The van der Waals surface area contributed by atoms with Gasteiger partial charge in [0.1, 0.15) is 5.15 Å². The molecule has 3 aromatic heterocycles. The van der Waals surface area contributed by atoms with Gasteiger partial charge in [0.2, 0.25) is 11.8 Å². The lowest BCUT2D eigenvalue weighted by atomic mass is 10.2. The molecular formula is C13H13ClN4O. The van der Waals surface area contributed by atoms with Gasteiger partial charge in [-0.1, -0.05) is 11.6 Å². The fourth-order valence-corrected chi connectivity index (χ4v) is 2.27. The molecule has 0 aliphatic rings. The maximum absolute atomic E-state index is 5.98. The SMILES string of the molecule is Cc1nnc(-c2cn(C(C)C)c3cc(Cl)ncc23)o1. The quantitative estimate of drug-likeness (QED) is 0.671. The molecule has 0 atom stereocenters. The van der Waals surface area contributed by atoms with Gasteiger partial charge in [-0.2, -0.15) is 0 Å². The van der Waals surface area contributed by atoms with E-state index in [2.05, 4.69) is 33.6 Å². The summed E-state index contributed by atoms with van der Waals surface area (Å²) in [6.45, 7) is 5.99. The van der Waals surface area contributed by atoms with E-state index in [-0.39, 0.29) is 0 Å². The van der Waals surface area contributed by atoms with Crippen molar-refractivity contribution >= 4 is 22.5 Å². The molecule has 6 heteroatoms. The number of hydrogen-bond acceptors (Lipinski definition) is 4. The molecule has 98 valence electrons. The van der Waals surface area contributed by atoms with Crippen molar-refractivity contribution in [3.63, 3.8) is 0 Å². The Morgan fingerprint density at radius 1 is 1.32 bits per heavy atom. The van der Waals surface area contributed by atoms with E-state index in [0.29, 0.717) is 23.0 Å². The molecule has 0 unspecified atom stereocenters. The van der Waals surface area contributed by atoms with Crippen molar-refractivity contribution in [3.8, 4) is 11.5 Å². The van der Waals surface area contributed by atoms with Crippen LogP contribution in [0.3, 0.4) is 0 Å². The van der Waals surface area contributed by atoms with E-state index >= 15 is 0 Å². The highest BCUT2D eigenvalue weighted by atomic mass is 35.5. The number of aromatic nitrogens is 4. The van der Waals surface area contributed by atoms with E-state index in [1.54, 1.807) is 13.1 Å². The molecule has 0 saturated heterocycles. The van der Waals surface area contributed by atoms with Crippen LogP contribution in [0.25, 0.3) is 22.4 Å². The molecule has 0 aliphatic carbocycles. The van der Waals surface area contributed by atoms with Gasteiger partial charge in [-0.05, 0) is 19.9 Å². The normalized spacial score (nSPS) is 11.6. The fraction of sp³-hybridized carbons (Fsp3) is 0.308. The van der Waals surface area contributed by atoms with Crippen molar-refractivity contribution in [2.75, 3.05) is 0 Å². The Balaban J connectivity index is 2.31. The Bertz CT molecular complexity index is 744. The van der Waals surface area contributed by atoms with Crippen LogP contribution in [0, 0.1) is 6.92 Å². The maximum Gasteiger partial charge on any atom is 0.249 e. The molecule has 0 bridgehead atoms. The van der Waals surface area contributed by atoms with E-state index in [4.69, 9.17) is 16.0 Å². The van der Waals surface area contributed by atoms with Gasteiger partial charge in [0, 0.05) is 30.7 Å². The molecule has 0 saturated carbocycles. The smallest absolute Gasteiger partial charge is 0.249 e. The van der Waals surface area contributed by atoms with Crippen molar-refractivity contribution in [2.24, 2.45) is 0 Å². The van der Waals surface area contributed by atoms with Crippen LogP contribution in [0.15, 0.2) is 22.9 Å². The van der Waals surface area contributed by atoms with Crippen molar-refractivity contribution in [3.05, 3.63) is 29.5 Å². The number of rotatable bonds is 2. The van der Waals surface area contributed by atoms with E-state index < -0.39 is 0 Å². The molecule has 3 rings (SSSR count). The van der Waals surface area contributed by atoms with Gasteiger partial charge >= 0.3 is 0 Å². The number of pyridine rings is 1. The summed E-state index contributed by atoms with van der Waals surface area (Å²) in [7, 11) is 0. The maximum atomic E-state index is 5.98. The Kier molecular flexibility index (Phi) is 2.78. The van der Waals surface area contributed by atoms with Gasteiger partial charge in [-0.25, -0.2) is 4.98 Å². The molecule has 0 aliphatic heterocycles. The van der Waals surface area contributed by atoms with Gasteiger partial charge in [0.25, 0.3) is 0 Å². The van der Waals surface area contributed by atoms with Gasteiger partial charge in [0.05, 0.1) is 11.1 Å². The molecular weight excluding hydrogens is 264 g/mol. The summed E-state index contributed by atoms with van der Waals surface area (Å²) in [5.74, 6) is 1.05. The minimum Gasteiger partial charge on any atom is -0.421 e. The lowest BCUT2D eigenvalue weighted by molar-refractivity contribution is 0.532. The van der Waals surface area contributed by atoms with Gasteiger partial charge in [-0.15, -0.1) is 10.2 Å². The van der Waals surface area contributed by atoms with Gasteiger partial charge in [0.15, 0.2) is 0 Å². The first kappa shape index (κ1) is 12.2. The molecule has 3 aromatic rings. The van der Waals surface area contributed by atoms with Crippen LogP contribution in [0.4, 0.5) is 0 Å². The Labute approximate surface area is 115 Å². The number of aryl methyl sites for hydroxylation is 1. The first-order valence-corrected chi connectivity index (χ1v) is 6.40. The summed E-state index contributed by atoms with van der Waals surface area (Å²) in [5.41, 5.74) is 1.90. The van der Waals surface area contributed by atoms with E-state index in [1.807, 2.05) is 12.3 Å². The Morgan fingerprint density at radius 3 is 2.74 bits per heavy atom. The predicted molar refractivity (Wildman–Crippen MR) is 73.2 cm³/mol. The van der Waals surface area contributed by atoms with Crippen LogP contribution in [-0.4, -0.2) is 19.7 Å².